The van der Waals surface area contributed by atoms with Crippen molar-refractivity contribution >= 4 is 22.1 Å². The molecule has 142 valence electrons. The van der Waals surface area contributed by atoms with Crippen molar-refractivity contribution in [1.29, 1.82) is 0 Å². The highest BCUT2D eigenvalue weighted by Gasteiger charge is 2.29. The lowest BCUT2D eigenvalue weighted by molar-refractivity contribution is 0.0977. The molecule has 0 atom stereocenters. The van der Waals surface area contributed by atoms with E-state index in [-0.39, 0.29) is 0 Å². The van der Waals surface area contributed by atoms with Gasteiger partial charge in [-0.2, -0.15) is 0 Å². The summed E-state index contributed by atoms with van der Waals surface area (Å²) in [6.45, 7) is 3.28. The second-order valence-electron chi connectivity index (χ2n) is 7.41. The molecule has 5 rings (SSSR count). The molecule has 2 aromatic carbocycles. The van der Waals surface area contributed by atoms with Crippen LogP contribution in [-0.2, 0) is 11.2 Å². The maximum atomic E-state index is 12.6. The number of carbonyl (C=O) groups is 1. The molecule has 0 saturated carbocycles. The van der Waals surface area contributed by atoms with Gasteiger partial charge in [0.05, 0.1) is 23.1 Å². The number of ketones is 1. The fourth-order valence-electron chi connectivity index (χ4n) is 4.23. The summed E-state index contributed by atoms with van der Waals surface area (Å²) >= 11 is 1.69. The number of fused-ring (bicyclic) bond motifs is 1. The van der Waals surface area contributed by atoms with Crippen LogP contribution in [-0.4, -0.2) is 32.1 Å². The van der Waals surface area contributed by atoms with Gasteiger partial charge in [-0.15, -0.1) is 11.3 Å². The molecule has 4 heteroatoms. The van der Waals surface area contributed by atoms with Crippen LogP contribution in [0.5, 0.6) is 0 Å². The molecule has 0 spiro atoms. The van der Waals surface area contributed by atoms with Crippen molar-refractivity contribution in [2.45, 2.75) is 19.3 Å². The van der Waals surface area contributed by atoms with Gasteiger partial charge in [-0.1, -0.05) is 48.5 Å². The zero-order chi connectivity index (χ0) is 18.9. The standard InChI is InChI=1S/C24H23NO2S/c26-21-11-5-10-20-22(24(28-23(20)21)25-12-14-27-15-13-25)19-9-4-8-18(16-19)17-6-2-1-3-7-17/h1-4,6-9,16H,5,10-15H2. The Bertz CT molecular complexity index is 1000. The lowest BCUT2D eigenvalue weighted by atomic mass is 9.90. The molecule has 3 aromatic rings. The Labute approximate surface area is 169 Å². The van der Waals surface area contributed by atoms with Crippen molar-refractivity contribution in [1.82, 2.24) is 0 Å². The van der Waals surface area contributed by atoms with Gasteiger partial charge in [-0.25, -0.2) is 0 Å². The second kappa shape index (κ2) is 7.53. The number of nitrogens with zero attached hydrogens (tertiary/aromatic N) is 1. The van der Waals surface area contributed by atoms with Crippen molar-refractivity contribution in [2.75, 3.05) is 31.2 Å². The van der Waals surface area contributed by atoms with E-state index in [0.29, 0.717) is 12.2 Å². The number of anilines is 1. The van der Waals surface area contributed by atoms with Crippen LogP contribution in [0.25, 0.3) is 22.3 Å². The van der Waals surface area contributed by atoms with Crippen LogP contribution >= 0.6 is 11.3 Å². The minimum Gasteiger partial charge on any atom is -0.378 e. The lowest BCUT2D eigenvalue weighted by Gasteiger charge is -2.29. The van der Waals surface area contributed by atoms with Crippen LogP contribution in [0.1, 0.15) is 28.1 Å². The molecule has 0 radical (unpaired) electrons. The van der Waals surface area contributed by atoms with Crippen molar-refractivity contribution in [3.63, 3.8) is 0 Å². The average molecular weight is 390 g/mol. The first kappa shape index (κ1) is 17.7. The van der Waals surface area contributed by atoms with Gasteiger partial charge in [0.2, 0.25) is 0 Å². The van der Waals surface area contributed by atoms with E-state index in [1.54, 1.807) is 11.3 Å². The molecule has 0 bridgehead atoms. The number of hydrogen-bond acceptors (Lipinski definition) is 4. The number of carbonyl (C=O) groups excluding carboxylic acids is 1. The van der Waals surface area contributed by atoms with Gasteiger partial charge >= 0.3 is 0 Å². The molecule has 1 fully saturated rings. The first-order valence-electron chi connectivity index (χ1n) is 9.98. The maximum absolute atomic E-state index is 12.6. The fraction of sp³-hybridized carbons (Fsp3) is 0.292. The summed E-state index contributed by atoms with van der Waals surface area (Å²) in [4.78, 5) is 16.0. The summed E-state index contributed by atoms with van der Waals surface area (Å²) in [6, 6.07) is 19.3. The van der Waals surface area contributed by atoms with Gasteiger partial charge in [-0.3, -0.25) is 4.79 Å². The summed E-state index contributed by atoms with van der Waals surface area (Å²) in [7, 11) is 0. The summed E-state index contributed by atoms with van der Waals surface area (Å²) in [5.74, 6) is 0.311. The molecule has 1 aliphatic carbocycles. The highest BCUT2D eigenvalue weighted by molar-refractivity contribution is 7.19. The molecule has 2 aliphatic rings. The second-order valence-corrected chi connectivity index (χ2v) is 8.41. The Hall–Kier alpha value is -2.43. The Morgan fingerprint density at radius 1 is 0.857 bits per heavy atom. The van der Waals surface area contributed by atoms with Gasteiger partial charge in [-0.05, 0) is 41.2 Å². The molecule has 1 aromatic heterocycles. The molecule has 1 aliphatic heterocycles. The Balaban J connectivity index is 1.66. The third-order valence-electron chi connectivity index (χ3n) is 5.63. The average Bonchev–Trinajstić information content (AvgIpc) is 3.16. The van der Waals surface area contributed by atoms with E-state index in [9.17, 15) is 4.79 Å². The largest absolute Gasteiger partial charge is 0.378 e. The molecule has 28 heavy (non-hydrogen) atoms. The lowest BCUT2D eigenvalue weighted by Crippen LogP contribution is -2.35. The molecule has 0 unspecified atom stereocenters. The smallest absolute Gasteiger partial charge is 0.173 e. The van der Waals surface area contributed by atoms with Crippen LogP contribution in [0.15, 0.2) is 54.6 Å². The number of morpholine rings is 1. The van der Waals surface area contributed by atoms with E-state index >= 15 is 0 Å². The Morgan fingerprint density at radius 2 is 1.61 bits per heavy atom. The summed E-state index contributed by atoms with van der Waals surface area (Å²) in [5.41, 5.74) is 6.18. The van der Waals surface area contributed by atoms with Crippen LogP contribution in [0.4, 0.5) is 5.00 Å². The van der Waals surface area contributed by atoms with Crippen molar-refractivity contribution in [3.8, 4) is 22.3 Å². The zero-order valence-corrected chi connectivity index (χ0v) is 16.6. The third kappa shape index (κ3) is 3.17. The normalized spacial score (nSPS) is 16.9. The predicted molar refractivity (Wildman–Crippen MR) is 115 cm³/mol. The maximum Gasteiger partial charge on any atom is 0.173 e. The van der Waals surface area contributed by atoms with Gasteiger partial charge < -0.3 is 9.64 Å². The van der Waals surface area contributed by atoms with Gasteiger partial charge in [0.15, 0.2) is 5.78 Å². The van der Waals surface area contributed by atoms with Crippen LogP contribution < -0.4 is 4.90 Å². The zero-order valence-electron chi connectivity index (χ0n) is 15.8. The molecule has 3 nitrogen and oxygen atoms in total. The van der Waals surface area contributed by atoms with E-state index in [1.807, 2.05) is 6.07 Å². The molecule has 0 N–H and O–H groups in total. The van der Waals surface area contributed by atoms with Crippen molar-refractivity contribution in [2.24, 2.45) is 0 Å². The molecular formula is C24H23NO2S. The van der Waals surface area contributed by atoms with E-state index in [4.69, 9.17) is 4.74 Å². The summed E-state index contributed by atoms with van der Waals surface area (Å²) in [5, 5.41) is 1.24. The SMILES string of the molecule is O=C1CCCc2c1sc(N1CCOCC1)c2-c1cccc(-c2ccccc2)c1. The molecule has 1 saturated heterocycles. The third-order valence-corrected chi connectivity index (χ3v) is 6.96. The van der Waals surface area contributed by atoms with Crippen LogP contribution in [0.3, 0.4) is 0 Å². The van der Waals surface area contributed by atoms with Crippen molar-refractivity contribution < 1.29 is 9.53 Å². The molecule has 2 heterocycles. The van der Waals surface area contributed by atoms with E-state index in [2.05, 4.69) is 53.4 Å². The summed E-state index contributed by atoms with van der Waals surface area (Å²) < 4.78 is 5.56. The van der Waals surface area contributed by atoms with Crippen molar-refractivity contribution in [3.05, 3.63) is 65.0 Å². The number of benzene rings is 2. The molecular weight excluding hydrogens is 366 g/mol. The first-order chi connectivity index (χ1) is 13.8. The monoisotopic (exact) mass is 389 g/mol. The van der Waals surface area contributed by atoms with Crippen LogP contribution in [0.2, 0.25) is 0 Å². The molecule has 0 amide bonds. The van der Waals surface area contributed by atoms with E-state index in [0.717, 1.165) is 44.0 Å². The summed E-state index contributed by atoms with van der Waals surface area (Å²) in [6.07, 6.45) is 2.63. The van der Waals surface area contributed by atoms with Gasteiger partial charge in [0.1, 0.15) is 0 Å². The number of Topliss-reactive ketones (excluding diaryl/α,β-unsaturated/α-hetero) is 1. The number of ether oxygens (including phenoxy) is 1. The first-order valence-corrected chi connectivity index (χ1v) is 10.8. The minimum atomic E-state index is 0.311. The van der Waals surface area contributed by atoms with Gasteiger partial charge in [0.25, 0.3) is 0 Å². The Kier molecular flexibility index (Phi) is 4.75. The highest BCUT2D eigenvalue weighted by Crippen LogP contribution is 2.46. The predicted octanol–water partition coefficient (Wildman–Crippen LogP) is 5.44. The Morgan fingerprint density at radius 3 is 2.43 bits per heavy atom. The number of hydrogen-bond donors (Lipinski definition) is 0. The number of thiophene rings is 1. The topological polar surface area (TPSA) is 29.5 Å². The van der Waals surface area contributed by atoms with E-state index < -0.39 is 0 Å². The minimum absolute atomic E-state index is 0.311. The van der Waals surface area contributed by atoms with Gasteiger partial charge in [0, 0.05) is 25.1 Å². The quantitative estimate of drug-likeness (QED) is 0.597. The number of rotatable bonds is 3. The highest BCUT2D eigenvalue weighted by atomic mass is 32.1. The fourth-order valence-corrected chi connectivity index (χ4v) is 5.62. The van der Waals surface area contributed by atoms with Crippen LogP contribution in [0, 0.1) is 0 Å². The van der Waals surface area contributed by atoms with E-state index in [1.165, 1.54) is 32.8 Å².